The zero-order valence-electron chi connectivity index (χ0n) is 18.3. The molecule has 0 spiro atoms. The number of aromatic nitrogens is 1. The van der Waals surface area contributed by atoms with Crippen molar-refractivity contribution in [2.45, 2.75) is 38.1 Å². The normalized spacial score (nSPS) is 18.5. The highest BCUT2D eigenvalue weighted by Gasteiger charge is 2.33. The topological polar surface area (TPSA) is 69.5 Å². The highest BCUT2D eigenvalue weighted by Crippen LogP contribution is 2.45. The van der Waals surface area contributed by atoms with E-state index >= 15 is 0 Å². The number of carbonyl (C=O) groups excluding carboxylic acids is 1. The predicted molar refractivity (Wildman–Crippen MR) is 116 cm³/mol. The van der Waals surface area contributed by atoms with Crippen molar-refractivity contribution in [1.82, 2.24) is 9.88 Å². The van der Waals surface area contributed by atoms with Gasteiger partial charge in [-0.1, -0.05) is 0 Å². The first-order chi connectivity index (χ1) is 15.4. The lowest BCUT2D eigenvalue weighted by atomic mass is 9.98. The number of rotatable bonds is 6. The number of methoxy groups -OCH3 is 1. The molecule has 1 aliphatic heterocycles. The van der Waals surface area contributed by atoms with Crippen molar-refractivity contribution in [3.63, 3.8) is 0 Å². The minimum Gasteiger partial charge on any atom is -0.384 e. The van der Waals surface area contributed by atoms with E-state index in [9.17, 15) is 18.8 Å². The van der Waals surface area contributed by atoms with Gasteiger partial charge in [-0.3, -0.25) is 4.79 Å². The van der Waals surface area contributed by atoms with Crippen molar-refractivity contribution in [3.8, 4) is 17.2 Å². The average molecular weight is 440 g/mol. The van der Waals surface area contributed by atoms with Gasteiger partial charge >= 0.3 is 0 Å². The molecule has 2 heterocycles. The number of pyridine rings is 1. The van der Waals surface area contributed by atoms with Crippen LogP contribution < -0.4 is 4.90 Å². The summed E-state index contributed by atoms with van der Waals surface area (Å²) in [7, 11) is 1.57. The fourth-order valence-corrected chi connectivity index (χ4v) is 4.29. The lowest BCUT2D eigenvalue weighted by Gasteiger charge is -2.41. The number of amides is 1. The largest absolute Gasteiger partial charge is 0.384 e. The van der Waals surface area contributed by atoms with E-state index in [1.165, 1.54) is 12.1 Å². The maximum Gasteiger partial charge on any atom is 0.225 e. The van der Waals surface area contributed by atoms with Gasteiger partial charge in [0.15, 0.2) is 0 Å². The van der Waals surface area contributed by atoms with Crippen LogP contribution in [-0.2, 0) is 9.53 Å². The molecule has 1 aliphatic carbocycles. The number of piperazine rings is 1. The summed E-state index contributed by atoms with van der Waals surface area (Å²) in [5.41, 5.74) is 1.90. The lowest BCUT2D eigenvalue weighted by Crippen LogP contribution is -2.54. The molecule has 4 rings (SSSR count). The first-order valence-electron chi connectivity index (χ1n) is 10.9. The van der Waals surface area contributed by atoms with E-state index < -0.39 is 11.6 Å². The number of ether oxygens (including phenoxy) is 1. The Kier molecular flexibility index (Phi) is 6.38. The quantitative estimate of drug-likeness (QED) is 0.683. The number of hydrogen-bond acceptors (Lipinski definition) is 5. The van der Waals surface area contributed by atoms with Gasteiger partial charge in [0.1, 0.15) is 23.5 Å². The van der Waals surface area contributed by atoms with Crippen LogP contribution in [0.15, 0.2) is 24.3 Å². The third kappa shape index (κ3) is 4.44. The van der Waals surface area contributed by atoms with Gasteiger partial charge in [-0.2, -0.15) is 5.26 Å². The minimum absolute atomic E-state index is 0.0416. The minimum atomic E-state index is -0.665. The first kappa shape index (κ1) is 22.2. The van der Waals surface area contributed by atoms with E-state index in [2.05, 4.69) is 6.07 Å². The van der Waals surface area contributed by atoms with Crippen molar-refractivity contribution < 1.29 is 18.3 Å². The van der Waals surface area contributed by atoms with Crippen molar-refractivity contribution in [3.05, 3.63) is 47.2 Å². The fraction of sp³-hybridized carbons (Fsp3) is 0.458. The Balaban J connectivity index is 1.65. The predicted octanol–water partition coefficient (Wildman–Crippen LogP) is 3.85. The van der Waals surface area contributed by atoms with Crippen LogP contribution in [0, 0.1) is 23.0 Å². The number of anilines is 1. The second-order valence-electron chi connectivity index (χ2n) is 8.43. The number of nitriles is 1. The van der Waals surface area contributed by atoms with Crippen molar-refractivity contribution in [2.24, 2.45) is 0 Å². The second-order valence-corrected chi connectivity index (χ2v) is 8.43. The summed E-state index contributed by atoms with van der Waals surface area (Å²) in [5.74, 6) is -0.488. The van der Waals surface area contributed by atoms with E-state index in [0.717, 1.165) is 24.6 Å². The van der Waals surface area contributed by atoms with Crippen molar-refractivity contribution in [1.29, 1.82) is 5.26 Å². The van der Waals surface area contributed by atoms with Gasteiger partial charge < -0.3 is 14.5 Å². The molecule has 1 atom stereocenters. The summed E-state index contributed by atoms with van der Waals surface area (Å²) < 4.78 is 33.0. The summed E-state index contributed by atoms with van der Waals surface area (Å²) in [4.78, 5) is 21.1. The van der Waals surface area contributed by atoms with Gasteiger partial charge in [-0.15, -0.1) is 0 Å². The fourth-order valence-electron chi connectivity index (χ4n) is 4.29. The average Bonchev–Trinajstić information content (AvgIpc) is 3.62. The summed E-state index contributed by atoms with van der Waals surface area (Å²) >= 11 is 0. The Bertz CT molecular complexity index is 1060. The molecule has 1 saturated heterocycles. The Hall–Kier alpha value is -3.05. The molecule has 1 aromatic heterocycles. The molecule has 2 fully saturated rings. The SMILES string of the molecule is COCCC(=O)N1CCN(c2nc(C3CC3)c(-c3ccc(F)cc3F)cc2C#N)C[C@H]1C. The molecule has 168 valence electrons. The highest BCUT2D eigenvalue weighted by atomic mass is 19.1. The van der Waals surface area contributed by atoms with E-state index in [1.807, 2.05) is 16.7 Å². The van der Waals surface area contributed by atoms with Crippen LogP contribution in [0.4, 0.5) is 14.6 Å². The van der Waals surface area contributed by atoms with E-state index in [4.69, 9.17) is 9.72 Å². The maximum absolute atomic E-state index is 14.5. The molecule has 0 unspecified atom stereocenters. The molecule has 0 N–H and O–H groups in total. The number of nitrogens with zero attached hydrogens (tertiary/aromatic N) is 4. The van der Waals surface area contributed by atoms with Crippen LogP contribution in [0.1, 0.15) is 43.4 Å². The van der Waals surface area contributed by atoms with Crippen LogP contribution >= 0.6 is 0 Å². The van der Waals surface area contributed by atoms with Gasteiger partial charge in [0.05, 0.1) is 24.3 Å². The summed E-state index contributed by atoms with van der Waals surface area (Å²) in [6.45, 7) is 4.00. The zero-order chi connectivity index (χ0) is 22.8. The molecule has 2 aliphatic rings. The Labute approximate surface area is 186 Å². The van der Waals surface area contributed by atoms with Crippen LogP contribution in [0.25, 0.3) is 11.1 Å². The molecular formula is C24H26F2N4O2. The molecule has 1 aromatic carbocycles. The third-order valence-corrected chi connectivity index (χ3v) is 6.11. The molecule has 1 saturated carbocycles. The van der Waals surface area contributed by atoms with Gasteiger partial charge in [0.25, 0.3) is 0 Å². The molecule has 0 radical (unpaired) electrons. The van der Waals surface area contributed by atoms with Crippen LogP contribution in [-0.4, -0.2) is 55.2 Å². The molecule has 6 nitrogen and oxygen atoms in total. The first-order valence-corrected chi connectivity index (χ1v) is 10.9. The molecule has 8 heteroatoms. The second kappa shape index (κ2) is 9.21. The van der Waals surface area contributed by atoms with Gasteiger partial charge in [-0.05, 0) is 38.0 Å². The molecule has 0 bridgehead atoms. The smallest absolute Gasteiger partial charge is 0.225 e. The summed E-state index contributed by atoms with van der Waals surface area (Å²) in [6.07, 6.45) is 2.24. The van der Waals surface area contributed by atoms with Crippen LogP contribution in [0.3, 0.4) is 0 Å². The van der Waals surface area contributed by atoms with Crippen molar-refractivity contribution >= 4 is 11.7 Å². The Morgan fingerprint density at radius 3 is 2.66 bits per heavy atom. The Morgan fingerprint density at radius 2 is 2.03 bits per heavy atom. The van der Waals surface area contributed by atoms with Crippen LogP contribution in [0.2, 0.25) is 0 Å². The third-order valence-electron chi connectivity index (χ3n) is 6.11. The van der Waals surface area contributed by atoms with Gasteiger partial charge in [-0.25, -0.2) is 13.8 Å². The lowest BCUT2D eigenvalue weighted by molar-refractivity contribution is -0.134. The molecule has 32 heavy (non-hydrogen) atoms. The van der Waals surface area contributed by atoms with E-state index in [0.29, 0.717) is 49.6 Å². The van der Waals surface area contributed by atoms with Gasteiger partial charge in [0.2, 0.25) is 5.91 Å². The number of carbonyl (C=O) groups is 1. The van der Waals surface area contributed by atoms with Crippen molar-refractivity contribution in [2.75, 3.05) is 38.3 Å². The Morgan fingerprint density at radius 1 is 1.25 bits per heavy atom. The molecular weight excluding hydrogens is 414 g/mol. The maximum atomic E-state index is 14.5. The summed E-state index contributed by atoms with van der Waals surface area (Å²) in [6, 6.07) is 7.31. The number of halogens is 2. The highest BCUT2D eigenvalue weighted by molar-refractivity contribution is 5.77. The monoisotopic (exact) mass is 440 g/mol. The molecule has 1 amide bonds. The molecule has 2 aromatic rings. The number of benzene rings is 1. The van der Waals surface area contributed by atoms with E-state index in [1.54, 1.807) is 13.2 Å². The summed E-state index contributed by atoms with van der Waals surface area (Å²) in [5, 5.41) is 9.83. The zero-order valence-corrected chi connectivity index (χ0v) is 18.3. The standard InChI is InChI=1S/C24H26F2N4O2/c1-15-14-29(8-9-30(15)22(31)7-10-32-2)24-17(13-27)11-20(23(28-24)16-3-4-16)19-6-5-18(25)12-21(19)26/h5-6,11-12,15-16H,3-4,7-10,14H2,1-2H3/t15-/m1/s1. The van der Waals surface area contributed by atoms with Crippen LogP contribution in [0.5, 0.6) is 0 Å². The number of hydrogen-bond donors (Lipinski definition) is 0. The van der Waals surface area contributed by atoms with E-state index in [-0.39, 0.29) is 23.4 Å². The van der Waals surface area contributed by atoms with Gasteiger partial charge in [0, 0.05) is 55.9 Å².